The number of likely N-dealkylation sites (N-methyl/N-ethyl adjacent to an activating group) is 1. The first-order chi connectivity index (χ1) is 19.3. The number of amides is 2. The summed E-state index contributed by atoms with van der Waals surface area (Å²) in [4.78, 5) is 28.2. The van der Waals surface area contributed by atoms with Crippen LogP contribution >= 0.6 is 0 Å². The maximum atomic E-state index is 13.4. The molecule has 4 aromatic rings. The molecule has 206 valence electrons. The Kier molecular flexibility index (Phi) is 9.75. The molecule has 4 aromatic carbocycles. The van der Waals surface area contributed by atoms with E-state index in [0.717, 1.165) is 27.5 Å². The molecule has 0 bridgehead atoms. The molecule has 0 saturated heterocycles. The Labute approximate surface area is 234 Å². The molecule has 3 unspecified atom stereocenters. The fraction of sp³-hybridized carbons (Fsp3) is 0.219. The number of nitrogens with zero attached hydrogens (tertiary/aromatic N) is 1. The monoisotopic (exact) mass is 537 g/mol. The molecule has 40 heavy (non-hydrogen) atoms. The topological polar surface area (TPSA) is 132 Å². The minimum atomic E-state index is -1.39. The summed E-state index contributed by atoms with van der Waals surface area (Å²) >= 11 is 0. The van der Waals surface area contributed by atoms with Crippen LogP contribution in [-0.2, 0) is 29.0 Å². The van der Waals surface area contributed by atoms with Gasteiger partial charge in [-0.05, 0) is 33.9 Å². The van der Waals surface area contributed by atoms with Crippen LogP contribution in [0, 0.1) is 5.41 Å². The number of aliphatic hydroxyl groups is 1. The minimum Gasteiger partial charge on any atom is -0.371 e. The lowest BCUT2D eigenvalue weighted by molar-refractivity contribution is -0.139. The summed E-state index contributed by atoms with van der Waals surface area (Å²) in [6.45, 7) is 0.315. The Bertz CT molecular complexity index is 1440. The first-order valence-electron chi connectivity index (χ1n) is 13.2. The average molecular weight is 538 g/mol. The third-order valence-electron chi connectivity index (χ3n) is 6.85. The second kappa shape index (κ2) is 13.6. The molecule has 8 nitrogen and oxygen atoms in total. The maximum Gasteiger partial charge on any atom is 0.248 e. The van der Waals surface area contributed by atoms with Crippen LogP contribution in [0.2, 0.25) is 0 Å². The van der Waals surface area contributed by atoms with Crippen LogP contribution in [0.15, 0.2) is 103 Å². The van der Waals surface area contributed by atoms with Gasteiger partial charge in [0.05, 0.1) is 6.04 Å². The van der Waals surface area contributed by atoms with Crippen LogP contribution in [-0.4, -0.2) is 53.0 Å². The normalized spacial score (nSPS) is 13.3. The predicted octanol–water partition coefficient (Wildman–Crippen LogP) is 2.98. The van der Waals surface area contributed by atoms with E-state index in [2.05, 4.69) is 10.6 Å². The van der Waals surface area contributed by atoms with Crippen molar-refractivity contribution in [2.75, 3.05) is 7.05 Å². The number of aliphatic hydroxyl groups excluding tert-OH is 1. The van der Waals surface area contributed by atoms with Crippen molar-refractivity contribution in [1.82, 2.24) is 15.5 Å². The molecule has 0 aromatic heterocycles. The van der Waals surface area contributed by atoms with Crippen LogP contribution in [0.1, 0.15) is 16.7 Å². The van der Waals surface area contributed by atoms with Gasteiger partial charge in [-0.25, -0.2) is 0 Å². The summed E-state index contributed by atoms with van der Waals surface area (Å²) in [5.41, 5.74) is 9.05. The van der Waals surface area contributed by atoms with Gasteiger partial charge in [0.2, 0.25) is 11.8 Å². The molecule has 4 rings (SSSR count). The summed E-state index contributed by atoms with van der Waals surface area (Å²) in [5, 5.41) is 26.1. The van der Waals surface area contributed by atoms with Gasteiger partial charge in [-0.2, -0.15) is 0 Å². The summed E-state index contributed by atoms with van der Waals surface area (Å²) in [7, 11) is 1.55. The summed E-state index contributed by atoms with van der Waals surface area (Å²) < 4.78 is 0. The Morgan fingerprint density at radius 2 is 1.43 bits per heavy atom. The number of carbonyl (C=O) groups excluding carboxylic acids is 2. The zero-order valence-electron chi connectivity index (χ0n) is 22.5. The van der Waals surface area contributed by atoms with Crippen molar-refractivity contribution in [1.29, 1.82) is 5.41 Å². The molecule has 6 N–H and O–H groups in total. The van der Waals surface area contributed by atoms with Gasteiger partial charge in [0.15, 0.2) is 6.23 Å². The Hall–Kier alpha value is -4.37. The molecule has 0 spiro atoms. The summed E-state index contributed by atoms with van der Waals surface area (Å²) in [6.07, 6.45) is -0.859. The number of hydrogen-bond donors (Lipinski definition) is 5. The zero-order chi connectivity index (χ0) is 28.5. The number of amidine groups is 1. The second-order valence-electron chi connectivity index (χ2n) is 9.82. The van der Waals surface area contributed by atoms with Gasteiger partial charge in [-0.15, -0.1) is 0 Å². The Morgan fingerprint density at radius 3 is 2.10 bits per heavy atom. The quantitative estimate of drug-likeness (QED) is 0.114. The van der Waals surface area contributed by atoms with Crippen molar-refractivity contribution in [2.45, 2.75) is 37.7 Å². The number of rotatable bonds is 11. The maximum absolute atomic E-state index is 13.4. The van der Waals surface area contributed by atoms with Gasteiger partial charge in [-0.3, -0.25) is 20.3 Å². The minimum absolute atomic E-state index is 0.221. The van der Waals surface area contributed by atoms with Crippen molar-refractivity contribution in [3.05, 3.63) is 120 Å². The van der Waals surface area contributed by atoms with Gasteiger partial charge in [0, 0.05) is 20.0 Å². The first kappa shape index (κ1) is 28.6. The number of nitrogens with two attached hydrogens (primary N) is 1. The van der Waals surface area contributed by atoms with Gasteiger partial charge in [-0.1, -0.05) is 103 Å². The molecule has 8 heteroatoms. The summed E-state index contributed by atoms with van der Waals surface area (Å²) in [5.74, 6) is -1.37. The van der Waals surface area contributed by atoms with E-state index in [1.165, 1.54) is 4.90 Å². The van der Waals surface area contributed by atoms with Crippen LogP contribution in [0.5, 0.6) is 0 Å². The fourth-order valence-electron chi connectivity index (χ4n) is 4.56. The Balaban J connectivity index is 1.44. The van der Waals surface area contributed by atoms with Crippen LogP contribution in [0.4, 0.5) is 0 Å². The lowest BCUT2D eigenvalue weighted by Gasteiger charge is -2.30. The average Bonchev–Trinajstić information content (AvgIpc) is 2.98. The smallest absolute Gasteiger partial charge is 0.248 e. The lowest BCUT2D eigenvalue weighted by atomic mass is 9.99. The predicted molar refractivity (Wildman–Crippen MR) is 157 cm³/mol. The number of hydrogen-bond acceptors (Lipinski definition) is 6. The fourth-order valence-corrected chi connectivity index (χ4v) is 4.56. The molecule has 0 aliphatic heterocycles. The SMILES string of the molecule is CN(C(=O)C(N)Cc1ccc2ccccc2c1)C(Cc1ccccc1)C(=O)NC(=N)C(O)NCc1ccccc1. The number of nitrogens with one attached hydrogen (secondary N) is 3. The third kappa shape index (κ3) is 7.60. The lowest BCUT2D eigenvalue weighted by Crippen LogP contribution is -2.56. The van der Waals surface area contributed by atoms with Crippen LogP contribution in [0.3, 0.4) is 0 Å². The third-order valence-corrected chi connectivity index (χ3v) is 6.85. The highest BCUT2D eigenvalue weighted by atomic mass is 16.3. The highest BCUT2D eigenvalue weighted by molar-refractivity contribution is 6.02. The van der Waals surface area contributed by atoms with Crippen LogP contribution in [0.25, 0.3) is 10.8 Å². The van der Waals surface area contributed by atoms with Crippen molar-refractivity contribution in [2.24, 2.45) is 5.73 Å². The van der Waals surface area contributed by atoms with Crippen molar-refractivity contribution in [3.63, 3.8) is 0 Å². The van der Waals surface area contributed by atoms with Crippen molar-refractivity contribution in [3.8, 4) is 0 Å². The molecule has 2 amide bonds. The molecule has 0 aliphatic rings. The van der Waals surface area contributed by atoms with E-state index in [0.29, 0.717) is 13.0 Å². The largest absolute Gasteiger partial charge is 0.371 e. The van der Waals surface area contributed by atoms with Crippen molar-refractivity contribution >= 4 is 28.4 Å². The number of benzene rings is 4. The highest BCUT2D eigenvalue weighted by Gasteiger charge is 2.31. The van der Waals surface area contributed by atoms with Gasteiger partial charge in [0.1, 0.15) is 11.9 Å². The molecule has 3 atom stereocenters. The van der Waals surface area contributed by atoms with E-state index in [4.69, 9.17) is 11.1 Å². The Morgan fingerprint density at radius 1 is 0.825 bits per heavy atom. The molecular weight excluding hydrogens is 502 g/mol. The molecular formula is C32H35N5O3. The second-order valence-corrected chi connectivity index (χ2v) is 9.82. The van der Waals surface area contributed by atoms with Crippen molar-refractivity contribution < 1.29 is 14.7 Å². The van der Waals surface area contributed by atoms with Gasteiger partial charge >= 0.3 is 0 Å². The molecule has 0 fully saturated rings. The van der Waals surface area contributed by atoms with Gasteiger partial charge in [0.25, 0.3) is 0 Å². The molecule has 0 radical (unpaired) electrons. The molecule has 0 saturated carbocycles. The van der Waals surface area contributed by atoms with E-state index in [1.54, 1.807) is 7.05 Å². The van der Waals surface area contributed by atoms with Gasteiger partial charge < -0.3 is 21.1 Å². The van der Waals surface area contributed by atoms with E-state index >= 15 is 0 Å². The van der Waals surface area contributed by atoms with E-state index in [9.17, 15) is 14.7 Å². The van der Waals surface area contributed by atoms with E-state index < -0.39 is 36.0 Å². The zero-order valence-corrected chi connectivity index (χ0v) is 22.5. The van der Waals surface area contributed by atoms with E-state index in [1.807, 2.05) is 103 Å². The van der Waals surface area contributed by atoms with E-state index in [-0.39, 0.29) is 6.42 Å². The highest BCUT2D eigenvalue weighted by Crippen LogP contribution is 2.17. The number of carbonyl (C=O) groups is 2. The molecule has 0 heterocycles. The van der Waals surface area contributed by atoms with Crippen LogP contribution < -0.4 is 16.4 Å². The standard InChI is InChI=1S/C32H35N5O3/c1-37(32(40)27(33)19-24-16-17-25-14-8-9-15-26(25)18-24)28(20-22-10-4-2-5-11-22)30(38)36-29(34)31(39)35-21-23-12-6-3-7-13-23/h2-18,27-28,31,35,39H,19-21,33H2,1H3,(H2,34,36,38). The number of fused-ring (bicyclic) bond motifs is 1. The first-order valence-corrected chi connectivity index (χ1v) is 13.2. The summed E-state index contributed by atoms with van der Waals surface area (Å²) in [6, 6.07) is 30.9. The molecule has 0 aliphatic carbocycles.